The number of hydrogen-bond acceptors (Lipinski definition) is 4. The summed E-state index contributed by atoms with van der Waals surface area (Å²) in [6.45, 7) is 0. The minimum Gasteiger partial charge on any atom is -0.457 e. The van der Waals surface area contributed by atoms with Crippen molar-refractivity contribution in [2.45, 2.75) is 6.18 Å². The van der Waals surface area contributed by atoms with Gasteiger partial charge < -0.3 is 4.74 Å². The van der Waals surface area contributed by atoms with Crippen LogP contribution in [0.2, 0.25) is 0 Å². The van der Waals surface area contributed by atoms with Crippen molar-refractivity contribution >= 4 is 33.5 Å². The summed E-state index contributed by atoms with van der Waals surface area (Å²) in [4.78, 5) is 24.3. The van der Waals surface area contributed by atoms with Gasteiger partial charge in [-0.15, -0.1) is 0 Å². The molecule has 3 aromatic carbocycles. The molecule has 4 rings (SSSR count). The molecule has 0 aliphatic carbocycles. The average Bonchev–Trinajstić information content (AvgIpc) is 3.08. The van der Waals surface area contributed by atoms with Gasteiger partial charge in [-0.3, -0.25) is 9.59 Å². The van der Waals surface area contributed by atoms with Crippen molar-refractivity contribution in [3.63, 3.8) is 0 Å². The monoisotopic (exact) mass is 441 g/mol. The molecule has 1 heterocycles. The number of alkyl halides is 3. The first-order valence-corrected chi connectivity index (χ1v) is 9.92. The topological polar surface area (TPSA) is 48.3 Å². The van der Waals surface area contributed by atoms with E-state index in [1.54, 1.807) is 36.4 Å². The third kappa shape index (κ3) is 4.44. The Hall–Kier alpha value is -3.65. The predicted molar refractivity (Wildman–Crippen MR) is 114 cm³/mol. The molecule has 4 aromatic rings. The molecule has 0 aliphatic rings. The van der Waals surface area contributed by atoms with Gasteiger partial charge in [0.25, 0.3) is 5.91 Å². The Kier molecular flexibility index (Phi) is 5.48. The number of carbonyl (C=O) groups excluding carboxylic acids is 1. The summed E-state index contributed by atoms with van der Waals surface area (Å²) in [5, 5.41) is 0. The fraction of sp³-hybridized carbons (Fsp3) is 0.0435. The Morgan fingerprint density at radius 1 is 0.968 bits per heavy atom. The zero-order valence-corrected chi connectivity index (χ0v) is 16.6. The number of ether oxygens (including phenoxy) is 1. The maximum absolute atomic E-state index is 12.9. The first-order valence-electron chi connectivity index (χ1n) is 9.10. The molecule has 0 unspecified atom stereocenters. The van der Waals surface area contributed by atoms with Crippen LogP contribution in [0.4, 0.5) is 13.2 Å². The lowest BCUT2D eigenvalue weighted by molar-refractivity contribution is -0.137. The third-order valence-electron chi connectivity index (χ3n) is 4.42. The highest BCUT2D eigenvalue weighted by Gasteiger charge is 2.31. The molecule has 0 spiro atoms. The van der Waals surface area contributed by atoms with Crippen molar-refractivity contribution in [2.75, 3.05) is 0 Å². The summed E-state index contributed by atoms with van der Waals surface area (Å²) >= 11 is 0.592. The first-order chi connectivity index (χ1) is 14.8. The molecular formula is C23H14F3NO3S. The van der Waals surface area contributed by atoms with Crippen LogP contribution in [0.1, 0.15) is 15.9 Å². The Labute approximate surface area is 178 Å². The summed E-state index contributed by atoms with van der Waals surface area (Å²) in [6.07, 6.45) is -1.84. The van der Waals surface area contributed by atoms with Crippen LogP contribution in [0.5, 0.6) is 11.5 Å². The Morgan fingerprint density at radius 3 is 2.42 bits per heavy atom. The Morgan fingerprint density at radius 2 is 1.68 bits per heavy atom. The second kappa shape index (κ2) is 8.23. The van der Waals surface area contributed by atoms with E-state index in [2.05, 4.69) is 0 Å². The molecule has 0 fully saturated rings. The van der Waals surface area contributed by atoms with Gasteiger partial charge in [0, 0.05) is 11.6 Å². The number of rotatable bonds is 4. The molecule has 0 saturated carbocycles. The zero-order chi connectivity index (χ0) is 22.0. The highest BCUT2D eigenvalue weighted by Crippen LogP contribution is 2.32. The highest BCUT2D eigenvalue weighted by atomic mass is 32.1. The largest absolute Gasteiger partial charge is 0.457 e. The van der Waals surface area contributed by atoms with E-state index in [0.717, 1.165) is 22.8 Å². The van der Waals surface area contributed by atoms with Gasteiger partial charge in [-0.1, -0.05) is 47.7 Å². The van der Waals surface area contributed by atoms with E-state index >= 15 is 0 Å². The molecule has 31 heavy (non-hydrogen) atoms. The van der Waals surface area contributed by atoms with E-state index in [4.69, 9.17) is 4.74 Å². The number of allylic oxidation sites excluding steroid dienone is 1. The maximum atomic E-state index is 12.9. The van der Waals surface area contributed by atoms with Gasteiger partial charge >= 0.3 is 11.0 Å². The van der Waals surface area contributed by atoms with Crippen LogP contribution in [0, 0.1) is 0 Å². The molecule has 1 aromatic heterocycles. The molecule has 0 aliphatic heterocycles. The van der Waals surface area contributed by atoms with E-state index < -0.39 is 22.5 Å². The number of thiazole rings is 1. The van der Waals surface area contributed by atoms with E-state index in [1.165, 1.54) is 12.2 Å². The molecule has 4 nitrogen and oxygen atoms in total. The number of hydrogen-bond donors (Lipinski definition) is 0. The number of aromatic nitrogens is 1. The SMILES string of the molecule is O=C(C=Cc1ccccc1Oc1ccccc1)n1c(=O)sc2cc(C(F)(F)F)ccc21. The molecule has 0 atom stereocenters. The van der Waals surface area contributed by atoms with Gasteiger partial charge in [0.05, 0.1) is 15.8 Å². The van der Waals surface area contributed by atoms with Gasteiger partial charge in [-0.05, 0) is 42.5 Å². The molecule has 0 amide bonds. The maximum Gasteiger partial charge on any atom is 0.416 e. The van der Waals surface area contributed by atoms with Gasteiger partial charge in [-0.25, -0.2) is 4.57 Å². The van der Waals surface area contributed by atoms with Gasteiger partial charge in [0.15, 0.2) is 0 Å². The number of fused-ring (bicyclic) bond motifs is 1. The third-order valence-corrected chi connectivity index (χ3v) is 5.33. The number of carbonyl (C=O) groups is 1. The van der Waals surface area contributed by atoms with Crippen LogP contribution in [-0.2, 0) is 6.18 Å². The predicted octanol–water partition coefficient (Wildman–Crippen LogP) is 6.23. The highest BCUT2D eigenvalue weighted by molar-refractivity contribution is 7.16. The lowest BCUT2D eigenvalue weighted by Gasteiger charge is -2.08. The minimum absolute atomic E-state index is 0.0920. The van der Waals surface area contributed by atoms with Crippen LogP contribution in [0.3, 0.4) is 0 Å². The summed E-state index contributed by atoms with van der Waals surface area (Å²) in [7, 11) is 0. The van der Waals surface area contributed by atoms with Crippen LogP contribution in [0.15, 0.2) is 83.7 Å². The second-order valence-corrected chi connectivity index (χ2v) is 7.50. The fourth-order valence-corrected chi connectivity index (χ4v) is 3.88. The van der Waals surface area contributed by atoms with Crippen LogP contribution < -0.4 is 9.61 Å². The lowest BCUT2D eigenvalue weighted by Crippen LogP contribution is -2.19. The molecular weight excluding hydrogens is 427 g/mol. The molecule has 156 valence electrons. The standard InChI is InChI=1S/C23H14F3NO3S/c24-23(25,26)16-11-12-18-20(14-16)31-22(29)27(18)21(28)13-10-15-6-4-5-9-19(15)30-17-7-2-1-3-8-17/h1-14H. The van der Waals surface area contributed by atoms with Gasteiger partial charge in [0.2, 0.25) is 0 Å². The minimum atomic E-state index is -4.53. The van der Waals surface area contributed by atoms with Crippen molar-refractivity contribution in [2.24, 2.45) is 0 Å². The number of halogens is 3. The fourth-order valence-electron chi connectivity index (χ4n) is 2.97. The van der Waals surface area contributed by atoms with Crippen LogP contribution in [-0.4, -0.2) is 10.5 Å². The molecule has 0 radical (unpaired) electrons. The van der Waals surface area contributed by atoms with Crippen molar-refractivity contribution in [1.29, 1.82) is 0 Å². The summed E-state index contributed by atoms with van der Waals surface area (Å²) in [5.41, 5.74) is -0.138. The van der Waals surface area contributed by atoms with E-state index in [0.29, 0.717) is 28.4 Å². The number of nitrogens with zero attached hydrogens (tertiary/aromatic N) is 1. The first kappa shape index (κ1) is 20.6. The quantitative estimate of drug-likeness (QED) is 0.353. The van der Waals surface area contributed by atoms with Crippen LogP contribution >= 0.6 is 11.3 Å². The van der Waals surface area contributed by atoms with E-state index in [9.17, 15) is 22.8 Å². The summed E-state index contributed by atoms with van der Waals surface area (Å²) < 4.78 is 45.5. The molecule has 0 bridgehead atoms. The van der Waals surface area contributed by atoms with Crippen molar-refractivity contribution in [1.82, 2.24) is 4.57 Å². The van der Waals surface area contributed by atoms with Gasteiger partial charge in [-0.2, -0.15) is 13.2 Å². The second-order valence-electron chi connectivity index (χ2n) is 6.51. The molecule has 0 saturated heterocycles. The van der Waals surface area contributed by atoms with E-state index in [1.807, 2.05) is 18.2 Å². The van der Waals surface area contributed by atoms with Crippen molar-refractivity contribution in [3.05, 3.63) is 99.7 Å². The molecule has 0 N–H and O–H groups in total. The van der Waals surface area contributed by atoms with E-state index in [-0.39, 0.29) is 10.2 Å². The smallest absolute Gasteiger partial charge is 0.416 e. The zero-order valence-electron chi connectivity index (χ0n) is 15.8. The van der Waals surface area contributed by atoms with Crippen molar-refractivity contribution < 1.29 is 22.7 Å². The Bertz CT molecular complexity index is 1340. The van der Waals surface area contributed by atoms with Crippen LogP contribution in [0.25, 0.3) is 16.3 Å². The number of benzene rings is 3. The molecule has 8 heteroatoms. The summed E-state index contributed by atoms with van der Waals surface area (Å²) in [5.74, 6) is 0.468. The van der Waals surface area contributed by atoms with Gasteiger partial charge in [0.1, 0.15) is 11.5 Å². The summed E-state index contributed by atoms with van der Waals surface area (Å²) in [6, 6.07) is 19.0. The number of para-hydroxylation sites is 2. The van der Waals surface area contributed by atoms with Crippen molar-refractivity contribution in [3.8, 4) is 11.5 Å². The lowest BCUT2D eigenvalue weighted by atomic mass is 10.2. The normalized spacial score (nSPS) is 11.8. The average molecular weight is 441 g/mol. The Balaban J connectivity index is 1.64.